The molecule has 110 valence electrons. The first-order valence-electron chi connectivity index (χ1n) is 6.79. The molecule has 0 saturated heterocycles. The predicted octanol–water partition coefficient (Wildman–Crippen LogP) is 3.72. The van der Waals surface area contributed by atoms with Gasteiger partial charge in [0.15, 0.2) is 0 Å². The van der Waals surface area contributed by atoms with Gasteiger partial charge in [-0.1, -0.05) is 42.1 Å². The third kappa shape index (κ3) is 3.56. The van der Waals surface area contributed by atoms with Crippen LogP contribution in [-0.4, -0.2) is 18.5 Å². The van der Waals surface area contributed by atoms with Crippen molar-refractivity contribution in [3.8, 4) is 5.75 Å². The number of hydrazone groups is 1. The summed E-state index contributed by atoms with van der Waals surface area (Å²) in [6.07, 6.45) is 1.79. The van der Waals surface area contributed by atoms with Crippen LogP contribution in [0.25, 0.3) is 5.70 Å². The van der Waals surface area contributed by atoms with Crippen molar-refractivity contribution in [2.24, 2.45) is 10.1 Å². The average Bonchev–Trinajstić information content (AvgIpc) is 2.61. The van der Waals surface area contributed by atoms with E-state index >= 15 is 0 Å². The molecule has 0 unspecified atom stereocenters. The van der Waals surface area contributed by atoms with E-state index in [0.717, 1.165) is 22.6 Å². The second kappa shape index (κ2) is 6.95. The number of ether oxygens (including phenoxy) is 1. The summed E-state index contributed by atoms with van der Waals surface area (Å²) >= 11 is 1.50. The molecule has 1 aliphatic heterocycles. The minimum atomic E-state index is 0.676. The van der Waals surface area contributed by atoms with Crippen LogP contribution in [0.2, 0.25) is 0 Å². The molecule has 0 bridgehead atoms. The standard InChI is InChI=1S/C17H15N3OS/c1-21-15-9-7-13(8-10-15)11-18-17-20-19-16(12-22-17)14-5-3-2-4-6-14/h2-12,19H,1H3/b18-11+. The Bertz CT molecular complexity index is 721. The van der Waals surface area contributed by atoms with Gasteiger partial charge >= 0.3 is 0 Å². The molecular weight excluding hydrogens is 294 g/mol. The number of aliphatic imine (C=N–C) groups is 1. The van der Waals surface area contributed by atoms with Crippen LogP contribution in [0.3, 0.4) is 0 Å². The number of nitrogens with one attached hydrogen (secondary N) is 1. The maximum absolute atomic E-state index is 5.13. The first-order chi connectivity index (χ1) is 10.8. The molecule has 2 aromatic rings. The van der Waals surface area contributed by atoms with Gasteiger partial charge in [-0.15, -0.1) is 5.10 Å². The summed E-state index contributed by atoms with van der Waals surface area (Å²) in [5.41, 5.74) is 6.13. The molecule has 1 heterocycles. The molecule has 2 aromatic carbocycles. The summed E-state index contributed by atoms with van der Waals surface area (Å²) in [6.45, 7) is 0. The van der Waals surface area contributed by atoms with Crippen LogP contribution >= 0.6 is 11.8 Å². The fourth-order valence-corrected chi connectivity index (χ4v) is 2.53. The van der Waals surface area contributed by atoms with Crippen molar-refractivity contribution in [1.29, 1.82) is 0 Å². The fraction of sp³-hybridized carbons (Fsp3) is 0.0588. The summed E-state index contributed by atoms with van der Waals surface area (Å²) < 4.78 is 5.13. The highest BCUT2D eigenvalue weighted by Gasteiger charge is 2.07. The van der Waals surface area contributed by atoms with Crippen molar-refractivity contribution in [3.63, 3.8) is 0 Å². The SMILES string of the molecule is COc1ccc(/C=N/C2=NNC(c3ccccc3)=CS2)cc1. The van der Waals surface area contributed by atoms with E-state index in [9.17, 15) is 0 Å². The topological polar surface area (TPSA) is 46.0 Å². The molecule has 1 aliphatic rings. The molecule has 0 spiro atoms. The van der Waals surface area contributed by atoms with Gasteiger partial charge in [0.1, 0.15) is 5.75 Å². The molecule has 0 atom stereocenters. The first-order valence-corrected chi connectivity index (χ1v) is 7.67. The number of hydrogen-bond acceptors (Lipinski definition) is 5. The molecule has 0 fully saturated rings. The Balaban J connectivity index is 1.63. The minimum absolute atomic E-state index is 0.676. The average molecular weight is 309 g/mol. The van der Waals surface area contributed by atoms with Gasteiger partial charge in [0, 0.05) is 17.2 Å². The molecule has 0 amide bonds. The zero-order valence-corrected chi connectivity index (χ0v) is 12.9. The van der Waals surface area contributed by atoms with Crippen LogP contribution in [0.1, 0.15) is 11.1 Å². The van der Waals surface area contributed by atoms with Crippen molar-refractivity contribution in [2.45, 2.75) is 0 Å². The molecule has 3 rings (SSSR count). The summed E-state index contributed by atoms with van der Waals surface area (Å²) in [6, 6.07) is 17.8. The number of benzene rings is 2. The molecule has 0 aromatic heterocycles. The summed E-state index contributed by atoms with van der Waals surface area (Å²) in [7, 11) is 1.65. The van der Waals surface area contributed by atoms with E-state index in [1.165, 1.54) is 11.8 Å². The van der Waals surface area contributed by atoms with E-state index in [2.05, 4.69) is 15.5 Å². The van der Waals surface area contributed by atoms with Gasteiger partial charge in [0.25, 0.3) is 0 Å². The smallest absolute Gasteiger partial charge is 0.210 e. The Morgan fingerprint density at radius 3 is 2.50 bits per heavy atom. The minimum Gasteiger partial charge on any atom is -0.497 e. The number of thioether (sulfide) groups is 1. The van der Waals surface area contributed by atoms with E-state index in [4.69, 9.17) is 4.74 Å². The highest BCUT2D eigenvalue weighted by Crippen LogP contribution is 2.21. The van der Waals surface area contributed by atoms with Crippen LogP contribution in [0.15, 0.2) is 70.1 Å². The van der Waals surface area contributed by atoms with E-state index in [1.807, 2.05) is 60.0 Å². The lowest BCUT2D eigenvalue weighted by Gasteiger charge is -2.11. The highest BCUT2D eigenvalue weighted by atomic mass is 32.2. The second-order valence-electron chi connectivity index (χ2n) is 4.55. The number of nitrogens with zero attached hydrogens (tertiary/aromatic N) is 2. The van der Waals surface area contributed by atoms with E-state index in [0.29, 0.717) is 5.17 Å². The predicted molar refractivity (Wildman–Crippen MR) is 93.2 cm³/mol. The molecule has 4 nitrogen and oxygen atoms in total. The second-order valence-corrected chi connectivity index (χ2v) is 5.39. The zero-order valence-electron chi connectivity index (χ0n) is 12.1. The molecular formula is C17H15N3OS. The lowest BCUT2D eigenvalue weighted by atomic mass is 10.2. The van der Waals surface area contributed by atoms with Gasteiger partial charge in [-0.2, -0.15) is 0 Å². The first kappa shape index (κ1) is 14.4. The summed E-state index contributed by atoms with van der Waals surface area (Å²) in [5.74, 6) is 0.832. The van der Waals surface area contributed by atoms with Crippen molar-refractivity contribution in [1.82, 2.24) is 5.43 Å². The van der Waals surface area contributed by atoms with Gasteiger partial charge in [0.2, 0.25) is 5.17 Å². The Labute approximate surface area is 133 Å². The van der Waals surface area contributed by atoms with Gasteiger partial charge in [-0.05, 0) is 29.8 Å². The van der Waals surface area contributed by atoms with Crippen molar-refractivity contribution in [2.75, 3.05) is 7.11 Å². The normalized spacial score (nSPS) is 14.2. The Morgan fingerprint density at radius 2 is 1.86 bits per heavy atom. The van der Waals surface area contributed by atoms with Crippen molar-refractivity contribution < 1.29 is 4.74 Å². The van der Waals surface area contributed by atoms with Gasteiger partial charge in [-0.25, -0.2) is 4.99 Å². The Kier molecular flexibility index (Phi) is 4.56. The number of rotatable bonds is 3. The van der Waals surface area contributed by atoms with Gasteiger partial charge < -0.3 is 4.74 Å². The van der Waals surface area contributed by atoms with Crippen LogP contribution in [0, 0.1) is 0 Å². The largest absolute Gasteiger partial charge is 0.497 e. The summed E-state index contributed by atoms with van der Waals surface area (Å²) in [5, 5.41) is 6.97. The Hall–Kier alpha value is -2.53. The van der Waals surface area contributed by atoms with E-state index < -0.39 is 0 Å². The quantitative estimate of drug-likeness (QED) is 0.879. The number of methoxy groups -OCH3 is 1. The lowest BCUT2D eigenvalue weighted by Crippen LogP contribution is -2.10. The van der Waals surface area contributed by atoms with Gasteiger partial charge in [0.05, 0.1) is 12.8 Å². The van der Waals surface area contributed by atoms with Crippen LogP contribution in [-0.2, 0) is 0 Å². The molecule has 1 N–H and O–H groups in total. The molecule has 0 aliphatic carbocycles. The van der Waals surface area contributed by atoms with Crippen LogP contribution in [0.5, 0.6) is 5.75 Å². The van der Waals surface area contributed by atoms with Crippen molar-refractivity contribution >= 4 is 28.8 Å². The van der Waals surface area contributed by atoms with Crippen molar-refractivity contribution in [3.05, 3.63) is 71.1 Å². The summed E-state index contributed by atoms with van der Waals surface area (Å²) in [4.78, 5) is 4.38. The number of hydrogen-bond donors (Lipinski definition) is 1. The molecule has 0 saturated carbocycles. The molecule has 5 heteroatoms. The number of amidine groups is 1. The maximum atomic E-state index is 5.13. The molecule has 22 heavy (non-hydrogen) atoms. The zero-order chi connectivity index (χ0) is 15.2. The lowest BCUT2D eigenvalue weighted by molar-refractivity contribution is 0.415. The highest BCUT2D eigenvalue weighted by molar-refractivity contribution is 8.16. The van der Waals surface area contributed by atoms with Crippen LogP contribution in [0.4, 0.5) is 0 Å². The maximum Gasteiger partial charge on any atom is 0.210 e. The third-order valence-corrected chi connectivity index (χ3v) is 3.84. The van der Waals surface area contributed by atoms with E-state index in [-0.39, 0.29) is 0 Å². The molecule has 0 radical (unpaired) electrons. The van der Waals surface area contributed by atoms with Crippen LogP contribution < -0.4 is 10.2 Å². The Morgan fingerprint density at radius 1 is 1.09 bits per heavy atom. The van der Waals surface area contributed by atoms with E-state index in [1.54, 1.807) is 13.3 Å². The fourth-order valence-electron chi connectivity index (χ4n) is 1.90. The third-order valence-electron chi connectivity index (χ3n) is 3.08. The monoisotopic (exact) mass is 309 g/mol. The van der Waals surface area contributed by atoms with Gasteiger partial charge in [-0.3, -0.25) is 5.43 Å².